The third kappa shape index (κ3) is 76.4. The summed E-state index contributed by atoms with van der Waals surface area (Å²) in [6, 6.07) is 0. The minimum Gasteiger partial charge on any atom is -0.550 e. The van der Waals surface area contributed by atoms with Crippen LogP contribution in [0.25, 0.3) is 0 Å². The lowest BCUT2D eigenvalue weighted by Gasteiger charge is -1.77. The third-order valence-corrected chi connectivity index (χ3v) is 0.309. The van der Waals surface area contributed by atoms with Crippen LogP contribution in [0.3, 0.4) is 0 Å². The van der Waals surface area contributed by atoms with Gasteiger partial charge in [-0.15, -0.1) is 0 Å². The molecule has 58 valence electrons. The predicted octanol–water partition coefficient (Wildman–Crippen LogP) is -0.597. The van der Waals surface area contributed by atoms with Gasteiger partial charge in [0.1, 0.15) is 0 Å². The van der Waals surface area contributed by atoms with E-state index in [2.05, 4.69) is 0 Å². The maximum Gasteiger partial charge on any atom is 0.327 e. The van der Waals surface area contributed by atoms with Crippen LogP contribution in [0.5, 0.6) is 0 Å². The van der Waals surface area contributed by atoms with Gasteiger partial charge in [-0.25, -0.2) is 4.79 Å². The van der Waals surface area contributed by atoms with Crippen molar-refractivity contribution >= 4 is 11.9 Å². The molecule has 1 N–H and O–H groups in total. The average molecular weight is 145 g/mol. The molecule has 0 heterocycles. The molecule has 0 atom stereocenters. The van der Waals surface area contributed by atoms with Crippen LogP contribution in [0.1, 0.15) is 13.8 Å². The van der Waals surface area contributed by atoms with Crippen LogP contribution in [0.2, 0.25) is 0 Å². The van der Waals surface area contributed by atoms with E-state index >= 15 is 0 Å². The summed E-state index contributed by atoms with van der Waals surface area (Å²) < 4.78 is 0. The van der Waals surface area contributed by atoms with Crippen LogP contribution in [0.15, 0.2) is 12.2 Å². The lowest BCUT2D eigenvalue weighted by Crippen LogP contribution is -2.16. The lowest BCUT2D eigenvalue weighted by atomic mass is 10.5. The van der Waals surface area contributed by atoms with Crippen LogP contribution in [0.4, 0.5) is 0 Å². The molecule has 0 bridgehead atoms. The second-order valence-corrected chi connectivity index (χ2v) is 1.33. The molecule has 4 nitrogen and oxygen atoms in total. The smallest absolute Gasteiger partial charge is 0.327 e. The van der Waals surface area contributed by atoms with Gasteiger partial charge in [-0.05, 0) is 13.8 Å². The number of aliphatic carboxylic acids is 2. The van der Waals surface area contributed by atoms with Crippen molar-refractivity contribution in [3.8, 4) is 0 Å². The zero-order valence-electron chi connectivity index (χ0n) is 5.83. The molecule has 0 aromatic carbocycles. The Kier molecular flexibility index (Phi) is 8.81. The molecule has 0 rings (SSSR count). The third-order valence-electron chi connectivity index (χ3n) is 0.309. The fourth-order valence-corrected chi connectivity index (χ4v) is 0.143. The number of allylic oxidation sites excluding steroid dienone is 1. The van der Waals surface area contributed by atoms with Gasteiger partial charge in [0.25, 0.3) is 0 Å². The monoisotopic (exact) mass is 145 g/mol. The van der Waals surface area contributed by atoms with E-state index in [4.69, 9.17) is 15.0 Å². The van der Waals surface area contributed by atoms with Crippen molar-refractivity contribution in [1.29, 1.82) is 0 Å². The second-order valence-electron chi connectivity index (χ2n) is 1.33. The second kappa shape index (κ2) is 7.68. The quantitative estimate of drug-likeness (QED) is 0.500. The number of carboxylic acids is 2. The summed E-state index contributed by atoms with van der Waals surface area (Å²) in [5.74, 6) is -1.97. The Hall–Kier alpha value is -1.32. The average Bonchev–Trinajstić information content (AvgIpc) is 1.62. The van der Waals surface area contributed by atoms with Crippen molar-refractivity contribution in [1.82, 2.24) is 0 Å². The minimum absolute atomic E-state index is 0.891. The van der Waals surface area contributed by atoms with E-state index < -0.39 is 11.9 Å². The molecule has 0 aromatic heterocycles. The van der Waals surface area contributed by atoms with Gasteiger partial charge in [-0.1, -0.05) is 6.08 Å². The first kappa shape index (κ1) is 11.5. The predicted molar refractivity (Wildman–Crippen MR) is 33.1 cm³/mol. The zero-order chi connectivity index (χ0) is 8.57. The topological polar surface area (TPSA) is 77.4 Å². The number of carbonyl (C=O) groups excluding carboxylic acids is 1. The fraction of sp³-hybridized carbons (Fsp3) is 0.333. The molecule has 4 heteroatoms. The van der Waals surface area contributed by atoms with E-state index in [0.29, 0.717) is 0 Å². The van der Waals surface area contributed by atoms with Crippen LogP contribution in [-0.4, -0.2) is 17.0 Å². The zero-order valence-corrected chi connectivity index (χ0v) is 5.83. The van der Waals surface area contributed by atoms with E-state index in [-0.39, 0.29) is 0 Å². The number of carboxylic acid groups (broad SMARTS) is 2. The highest BCUT2D eigenvalue weighted by Crippen LogP contribution is 1.65. The Bertz CT molecular complexity index is 133. The maximum absolute atomic E-state index is 9.51. The first-order valence-corrected chi connectivity index (χ1v) is 2.54. The summed E-state index contributed by atoms with van der Waals surface area (Å²) >= 11 is 0. The van der Waals surface area contributed by atoms with E-state index in [1.807, 2.05) is 0 Å². The van der Waals surface area contributed by atoms with E-state index in [9.17, 15) is 4.79 Å². The van der Waals surface area contributed by atoms with Crippen molar-refractivity contribution < 1.29 is 19.8 Å². The van der Waals surface area contributed by atoms with E-state index in [0.717, 1.165) is 13.0 Å². The SMILES string of the molecule is C/C=C/C(=O)O.CC(=O)[O-]. The van der Waals surface area contributed by atoms with Crippen molar-refractivity contribution in [2.75, 3.05) is 0 Å². The molecule has 0 unspecified atom stereocenters. The molecule has 0 amide bonds. The summed E-state index contributed by atoms with van der Waals surface area (Å²) in [5.41, 5.74) is 0. The highest BCUT2D eigenvalue weighted by molar-refractivity contribution is 5.79. The molecule has 0 aliphatic heterocycles. The van der Waals surface area contributed by atoms with E-state index in [1.165, 1.54) is 6.08 Å². The van der Waals surface area contributed by atoms with Crippen molar-refractivity contribution in [2.45, 2.75) is 13.8 Å². The fourth-order valence-electron chi connectivity index (χ4n) is 0.143. The van der Waals surface area contributed by atoms with Crippen LogP contribution in [0, 0.1) is 0 Å². The van der Waals surface area contributed by atoms with E-state index in [1.54, 1.807) is 6.92 Å². The van der Waals surface area contributed by atoms with Gasteiger partial charge in [0.05, 0.1) is 0 Å². The van der Waals surface area contributed by atoms with Crippen molar-refractivity contribution in [3.63, 3.8) is 0 Å². The Morgan fingerprint density at radius 2 is 1.80 bits per heavy atom. The Morgan fingerprint density at radius 1 is 1.50 bits per heavy atom. The summed E-state index contributed by atoms with van der Waals surface area (Å²) in [7, 11) is 0. The molecule has 0 aliphatic carbocycles. The number of hydrogen-bond acceptors (Lipinski definition) is 3. The number of carbonyl (C=O) groups is 2. The lowest BCUT2D eigenvalue weighted by molar-refractivity contribution is -0.302. The van der Waals surface area contributed by atoms with Gasteiger partial charge >= 0.3 is 5.97 Å². The highest BCUT2D eigenvalue weighted by Gasteiger charge is 1.76. The molecule has 0 radical (unpaired) electrons. The van der Waals surface area contributed by atoms with Crippen molar-refractivity contribution in [3.05, 3.63) is 12.2 Å². The Labute approximate surface area is 58.8 Å². The standard InChI is InChI=1S/C4H6O2.C2H4O2/c1-2-3-4(5)6;1-2(3)4/h2-3H,1H3,(H,5,6);1H3,(H,3,4)/p-1/b3-2+;. The van der Waals surface area contributed by atoms with Gasteiger partial charge in [-0.3, -0.25) is 0 Å². The summed E-state index contributed by atoms with van der Waals surface area (Å²) in [6.07, 6.45) is 2.56. The van der Waals surface area contributed by atoms with Crippen LogP contribution < -0.4 is 5.11 Å². The van der Waals surface area contributed by atoms with Crippen molar-refractivity contribution in [2.24, 2.45) is 0 Å². The van der Waals surface area contributed by atoms with Gasteiger partial charge in [0.2, 0.25) is 0 Å². The largest absolute Gasteiger partial charge is 0.550 e. The summed E-state index contributed by atoms with van der Waals surface area (Å²) in [6.45, 7) is 2.63. The molecule has 0 saturated heterocycles. The van der Waals surface area contributed by atoms with Crippen LogP contribution in [-0.2, 0) is 9.59 Å². The number of hydrogen-bond donors (Lipinski definition) is 1. The molecule has 10 heavy (non-hydrogen) atoms. The van der Waals surface area contributed by atoms with Crippen LogP contribution >= 0.6 is 0 Å². The molecule has 0 saturated carbocycles. The minimum atomic E-state index is -1.08. The Morgan fingerprint density at radius 3 is 1.80 bits per heavy atom. The maximum atomic E-state index is 9.51. The Balaban J connectivity index is 0. The summed E-state index contributed by atoms with van der Waals surface area (Å²) in [4.78, 5) is 18.4. The van der Waals surface area contributed by atoms with Gasteiger partial charge in [0, 0.05) is 12.0 Å². The molecule has 0 aromatic rings. The highest BCUT2D eigenvalue weighted by atomic mass is 16.4. The molecule has 0 fully saturated rings. The first-order chi connectivity index (χ1) is 4.50. The molecule has 0 spiro atoms. The number of rotatable bonds is 1. The normalized spacial score (nSPS) is 8.20. The molecule has 0 aliphatic rings. The molecular formula is C6H9O4-. The van der Waals surface area contributed by atoms with Gasteiger partial charge in [-0.2, -0.15) is 0 Å². The van der Waals surface area contributed by atoms with Gasteiger partial charge < -0.3 is 15.0 Å². The molecular weight excluding hydrogens is 136 g/mol. The summed E-state index contributed by atoms with van der Waals surface area (Å²) in [5, 5.41) is 16.7. The first-order valence-electron chi connectivity index (χ1n) is 2.54. The van der Waals surface area contributed by atoms with Gasteiger partial charge in [0.15, 0.2) is 0 Å².